The lowest BCUT2D eigenvalue weighted by atomic mass is 9.94. The third-order valence-corrected chi connectivity index (χ3v) is 3.75. The second-order valence-corrected chi connectivity index (χ2v) is 6.59. The highest BCUT2D eigenvalue weighted by molar-refractivity contribution is 5.63. The van der Waals surface area contributed by atoms with Crippen molar-refractivity contribution in [1.82, 2.24) is 19.9 Å². The number of nitrogens with one attached hydrogen (secondary N) is 1. The molecule has 0 saturated carbocycles. The minimum absolute atomic E-state index is 0.547. The maximum absolute atomic E-state index is 10.6. The zero-order valence-electron chi connectivity index (χ0n) is 16.4. The van der Waals surface area contributed by atoms with Crippen molar-refractivity contribution in [1.29, 1.82) is 0 Å². The Bertz CT molecular complexity index is 749. The third kappa shape index (κ3) is 8.74. The highest BCUT2D eigenvalue weighted by Gasteiger charge is 2.30. The number of hydrogen-bond acceptors (Lipinski definition) is 6. The number of carboxylic acid groups (broad SMARTS) is 2. The predicted molar refractivity (Wildman–Crippen MR) is 104 cm³/mol. The maximum Gasteiger partial charge on any atom is 0.300 e. The fourth-order valence-corrected chi connectivity index (χ4v) is 2.74. The standard InChI is InChI=1S/C15H20N4O.2C2H4O2/c1-12-4-2-5-13(18-12)14-17-8-9-19(14)11-15(20)6-3-7-16-10-15;2*1-2(3)4/h2,4-5,8-9,16,20H,3,6-7,10-11H2,1H3;2*1H3,(H,3,4). The lowest BCUT2D eigenvalue weighted by molar-refractivity contribution is -0.135. The van der Waals surface area contributed by atoms with Crippen LogP contribution < -0.4 is 5.32 Å². The quantitative estimate of drug-likeness (QED) is 0.617. The number of pyridine rings is 1. The fraction of sp³-hybridized carbons (Fsp3) is 0.474. The number of nitrogens with zero attached hydrogens (tertiary/aromatic N) is 3. The molecule has 4 N–H and O–H groups in total. The van der Waals surface area contributed by atoms with E-state index in [9.17, 15) is 5.11 Å². The van der Waals surface area contributed by atoms with Gasteiger partial charge in [0.15, 0.2) is 5.82 Å². The second kappa shape index (κ2) is 11.2. The largest absolute Gasteiger partial charge is 0.481 e. The van der Waals surface area contributed by atoms with Crippen LogP contribution in [0.25, 0.3) is 11.5 Å². The van der Waals surface area contributed by atoms with E-state index < -0.39 is 17.5 Å². The van der Waals surface area contributed by atoms with Gasteiger partial charge in [0.25, 0.3) is 11.9 Å². The van der Waals surface area contributed by atoms with Crippen LogP contribution in [0, 0.1) is 6.92 Å². The van der Waals surface area contributed by atoms with E-state index in [0.29, 0.717) is 13.1 Å². The number of aromatic nitrogens is 3. The molecule has 0 amide bonds. The molecule has 2 aromatic rings. The summed E-state index contributed by atoms with van der Waals surface area (Å²) in [7, 11) is 0. The molecule has 0 aliphatic carbocycles. The normalized spacial score (nSPS) is 18.1. The number of rotatable bonds is 3. The predicted octanol–water partition coefficient (Wildman–Crippen LogP) is 1.55. The topological polar surface area (TPSA) is 138 Å². The van der Waals surface area contributed by atoms with Gasteiger partial charge in [0, 0.05) is 38.5 Å². The van der Waals surface area contributed by atoms with Gasteiger partial charge in [-0.3, -0.25) is 9.59 Å². The summed E-state index contributed by atoms with van der Waals surface area (Å²) in [6.45, 7) is 6.30. The van der Waals surface area contributed by atoms with Gasteiger partial charge in [-0.25, -0.2) is 9.97 Å². The van der Waals surface area contributed by atoms with E-state index in [4.69, 9.17) is 19.8 Å². The van der Waals surface area contributed by atoms with E-state index in [2.05, 4.69) is 15.3 Å². The molecule has 1 aliphatic rings. The second-order valence-electron chi connectivity index (χ2n) is 6.59. The van der Waals surface area contributed by atoms with Gasteiger partial charge in [-0.2, -0.15) is 0 Å². The highest BCUT2D eigenvalue weighted by Crippen LogP contribution is 2.22. The van der Waals surface area contributed by atoms with Gasteiger partial charge in [-0.1, -0.05) is 6.07 Å². The summed E-state index contributed by atoms with van der Waals surface area (Å²) >= 11 is 0. The molecular formula is C19H28N4O5. The Morgan fingerprint density at radius 3 is 2.43 bits per heavy atom. The molecule has 0 aromatic carbocycles. The number of aliphatic carboxylic acids is 2. The number of carbonyl (C=O) groups is 2. The van der Waals surface area contributed by atoms with Gasteiger partial charge in [-0.15, -0.1) is 0 Å². The van der Waals surface area contributed by atoms with Crippen molar-refractivity contribution in [2.24, 2.45) is 0 Å². The van der Waals surface area contributed by atoms with Crippen LogP contribution in [0.4, 0.5) is 0 Å². The van der Waals surface area contributed by atoms with Gasteiger partial charge >= 0.3 is 0 Å². The Morgan fingerprint density at radius 1 is 1.25 bits per heavy atom. The van der Waals surface area contributed by atoms with Crippen LogP contribution in [0.5, 0.6) is 0 Å². The van der Waals surface area contributed by atoms with Gasteiger partial charge < -0.3 is 25.2 Å². The zero-order valence-corrected chi connectivity index (χ0v) is 16.4. The van der Waals surface area contributed by atoms with Gasteiger partial charge in [0.1, 0.15) is 5.69 Å². The molecule has 1 fully saturated rings. The lowest BCUT2D eigenvalue weighted by Crippen LogP contribution is -2.48. The Hall–Kier alpha value is -2.78. The monoisotopic (exact) mass is 392 g/mol. The number of aryl methyl sites for hydroxylation is 1. The minimum atomic E-state index is -0.833. The Morgan fingerprint density at radius 2 is 1.89 bits per heavy atom. The summed E-state index contributed by atoms with van der Waals surface area (Å²) in [4.78, 5) is 26.9. The summed E-state index contributed by atoms with van der Waals surface area (Å²) in [6.07, 6.45) is 5.49. The molecule has 3 heterocycles. The van der Waals surface area contributed by atoms with Crippen molar-refractivity contribution >= 4 is 11.9 Å². The number of aliphatic hydroxyl groups is 1. The average Bonchev–Trinajstić information content (AvgIpc) is 3.02. The molecule has 2 aromatic heterocycles. The molecule has 0 spiro atoms. The molecule has 3 rings (SSSR count). The molecule has 0 bridgehead atoms. The third-order valence-electron chi connectivity index (χ3n) is 3.75. The molecule has 28 heavy (non-hydrogen) atoms. The van der Waals surface area contributed by atoms with E-state index in [1.165, 1.54) is 0 Å². The fourth-order valence-electron chi connectivity index (χ4n) is 2.74. The first-order valence-electron chi connectivity index (χ1n) is 8.90. The Balaban J connectivity index is 0.000000420. The molecule has 1 aliphatic heterocycles. The van der Waals surface area contributed by atoms with Crippen LogP contribution >= 0.6 is 0 Å². The van der Waals surface area contributed by atoms with Crippen LogP contribution in [0.2, 0.25) is 0 Å². The van der Waals surface area contributed by atoms with Crippen LogP contribution in [-0.2, 0) is 16.1 Å². The molecule has 9 heteroatoms. The van der Waals surface area contributed by atoms with Crippen molar-refractivity contribution in [3.8, 4) is 11.5 Å². The number of piperidine rings is 1. The maximum atomic E-state index is 10.6. The summed E-state index contributed by atoms with van der Waals surface area (Å²) in [5.41, 5.74) is 1.12. The molecule has 154 valence electrons. The van der Waals surface area contributed by atoms with Crippen molar-refractivity contribution < 1.29 is 24.9 Å². The van der Waals surface area contributed by atoms with Gasteiger partial charge in [-0.05, 0) is 38.4 Å². The van der Waals surface area contributed by atoms with Crippen molar-refractivity contribution in [2.75, 3.05) is 13.1 Å². The van der Waals surface area contributed by atoms with Crippen LogP contribution in [0.3, 0.4) is 0 Å². The molecule has 1 saturated heterocycles. The highest BCUT2D eigenvalue weighted by atomic mass is 16.4. The zero-order chi connectivity index (χ0) is 21.2. The summed E-state index contributed by atoms with van der Waals surface area (Å²) < 4.78 is 1.99. The number of carboxylic acids is 2. The van der Waals surface area contributed by atoms with E-state index in [1.54, 1.807) is 6.20 Å². The van der Waals surface area contributed by atoms with Crippen LogP contribution in [0.1, 0.15) is 32.4 Å². The number of imidazole rings is 1. The summed E-state index contributed by atoms with van der Waals surface area (Å²) in [5, 5.41) is 28.7. The first kappa shape index (κ1) is 23.3. The van der Waals surface area contributed by atoms with E-state index in [-0.39, 0.29) is 0 Å². The summed E-state index contributed by atoms with van der Waals surface area (Å²) in [5.74, 6) is -0.854. The molecular weight excluding hydrogens is 364 g/mol. The Labute approximate surface area is 164 Å². The lowest BCUT2D eigenvalue weighted by Gasteiger charge is -2.33. The smallest absolute Gasteiger partial charge is 0.300 e. The molecule has 1 unspecified atom stereocenters. The van der Waals surface area contributed by atoms with E-state index in [0.717, 1.165) is 50.4 Å². The van der Waals surface area contributed by atoms with Gasteiger partial charge in [0.05, 0.1) is 12.1 Å². The number of β-amino-alcohol motifs (C(OH)–C–C–N with tert-alkyl or cyclic N) is 1. The van der Waals surface area contributed by atoms with Crippen LogP contribution in [-0.4, -0.2) is 60.5 Å². The average molecular weight is 392 g/mol. The molecule has 1 atom stereocenters. The SMILES string of the molecule is CC(=O)O.CC(=O)O.Cc1cccc(-c2nccn2CC2(O)CCCNC2)n1. The molecule has 9 nitrogen and oxygen atoms in total. The number of hydrogen-bond donors (Lipinski definition) is 4. The first-order chi connectivity index (χ1) is 13.1. The minimum Gasteiger partial charge on any atom is -0.481 e. The molecule has 0 radical (unpaired) electrons. The van der Waals surface area contributed by atoms with Crippen molar-refractivity contribution in [2.45, 2.75) is 45.8 Å². The van der Waals surface area contributed by atoms with Crippen LogP contribution in [0.15, 0.2) is 30.6 Å². The Kier molecular flexibility index (Phi) is 9.26. The van der Waals surface area contributed by atoms with Gasteiger partial charge in [0.2, 0.25) is 0 Å². The van der Waals surface area contributed by atoms with E-state index in [1.807, 2.05) is 35.9 Å². The van der Waals surface area contributed by atoms with Crippen molar-refractivity contribution in [3.05, 3.63) is 36.3 Å². The van der Waals surface area contributed by atoms with Crippen molar-refractivity contribution in [3.63, 3.8) is 0 Å². The first-order valence-corrected chi connectivity index (χ1v) is 8.90. The van der Waals surface area contributed by atoms with E-state index >= 15 is 0 Å². The summed E-state index contributed by atoms with van der Waals surface area (Å²) in [6, 6.07) is 5.90.